The van der Waals surface area contributed by atoms with Crippen LogP contribution in [0.3, 0.4) is 0 Å². The van der Waals surface area contributed by atoms with Crippen molar-refractivity contribution in [1.82, 2.24) is 0 Å². The number of benzene rings is 1. The van der Waals surface area contributed by atoms with E-state index in [0.29, 0.717) is 19.1 Å². The van der Waals surface area contributed by atoms with Crippen LogP contribution in [0.2, 0.25) is 0 Å². The van der Waals surface area contributed by atoms with Gasteiger partial charge < -0.3 is 4.74 Å². The highest BCUT2D eigenvalue weighted by Crippen LogP contribution is 2.11. The molecule has 1 aromatic carbocycles. The fourth-order valence-corrected chi connectivity index (χ4v) is 1.76. The first kappa shape index (κ1) is 14.7. The Balaban J connectivity index is 2.75. The SMILES string of the molecule is C=CCOCC(C)N=C(c1ccccc1)C(C)C. The van der Waals surface area contributed by atoms with Gasteiger partial charge in [-0.15, -0.1) is 6.58 Å². The summed E-state index contributed by atoms with van der Waals surface area (Å²) in [7, 11) is 0. The van der Waals surface area contributed by atoms with Crippen molar-refractivity contribution in [2.24, 2.45) is 10.9 Å². The third-order valence-electron chi connectivity index (χ3n) is 2.57. The Morgan fingerprint density at radius 1 is 1.28 bits per heavy atom. The molecule has 0 aliphatic heterocycles. The van der Waals surface area contributed by atoms with Crippen LogP contribution in [0, 0.1) is 5.92 Å². The van der Waals surface area contributed by atoms with Crippen molar-refractivity contribution in [1.29, 1.82) is 0 Å². The molecule has 0 aliphatic carbocycles. The average Bonchev–Trinajstić information content (AvgIpc) is 2.37. The maximum absolute atomic E-state index is 5.44. The van der Waals surface area contributed by atoms with Crippen LogP contribution in [-0.4, -0.2) is 25.0 Å². The Hall–Kier alpha value is -1.41. The predicted molar refractivity (Wildman–Crippen MR) is 78.3 cm³/mol. The molecule has 0 aliphatic rings. The summed E-state index contributed by atoms with van der Waals surface area (Å²) in [6.45, 7) is 11.3. The molecule has 18 heavy (non-hydrogen) atoms. The van der Waals surface area contributed by atoms with E-state index < -0.39 is 0 Å². The Morgan fingerprint density at radius 2 is 1.94 bits per heavy atom. The topological polar surface area (TPSA) is 21.6 Å². The number of hydrogen-bond donors (Lipinski definition) is 0. The molecule has 0 amide bonds. The van der Waals surface area contributed by atoms with Gasteiger partial charge in [0.25, 0.3) is 0 Å². The Labute approximate surface area is 110 Å². The average molecular weight is 245 g/mol. The first-order valence-corrected chi connectivity index (χ1v) is 6.47. The van der Waals surface area contributed by atoms with Crippen LogP contribution in [-0.2, 0) is 4.74 Å². The molecule has 0 fully saturated rings. The van der Waals surface area contributed by atoms with E-state index in [2.05, 4.69) is 39.5 Å². The van der Waals surface area contributed by atoms with Crippen LogP contribution < -0.4 is 0 Å². The quantitative estimate of drug-likeness (QED) is 0.407. The highest BCUT2D eigenvalue weighted by atomic mass is 16.5. The molecule has 0 bridgehead atoms. The maximum Gasteiger partial charge on any atom is 0.0708 e. The smallest absolute Gasteiger partial charge is 0.0708 e. The zero-order chi connectivity index (χ0) is 13.4. The lowest BCUT2D eigenvalue weighted by molar-refractivity contribution is 0.152. The molecule has 2 nitrogen and oxygen atoms in total. The fraction of sp³-hybridized carbons (Fsp3) is 0.438. The summed E-state index contributed by atoms with van der Waals surface area (Å²) < 4.78 is 5.44. The predicted octanol–water partition coefficient (Wildman–Crippen LogP) is 3.72. The molecule has 1 rings (SSSR count). The summed E-state index contributed by atoms with van der Waals surface area (Å²) in [5.41, 5.74) is 2.34. The van der Waals surface area contributed by atoms with Crippen molar-refractivity contribution in [3.8, 4) is 0 Å². The molecule has 98 valence electrons. The molecule has 0 heterocycles. The van der Waals surface area contributed by atoms with Crippen molar-refractivity contribution in [2.75, 3.05) is 13.2 Å². The molecule has 0 saturated carbocycles. The van der Waals surface area contributed by atoms with Gasteiger partial charge in [-0.1, -0.05) is 50.3 Å². The zero-order valence-electron chi connectivity index (χ0n) is 11.6. The van der Waals surface area contributed by atoms with E-state index in [1.807, 2.05) is 18.2 Å². The van der Waals surface area contributed by atoms with Gasteiger partial charge in [0.2, 0.25) is 0 Å². The molecule has 0 aromatic heterocycles. The molecule has 2 heteroatoms. The Bertz CT molecular complexity index is 381. The first-order valence-electron chi connectivity index (χ1n) is 6.47. The lowest BCUT2D eigenvalue weighted by Crippen LogP contribution is -2.17. The highest BCUT2D eigenvalue weighted by molar-refractivity contribution is 6.01. The van der Waals surface area contributed by atoms with E-state index in [-0.39, 0.29) is 6.04 Å². The summed E-state index contributed by atoms with van der Waals surface area (Å²) >= 11 is 0. The van der Waals surface area contributed by atoms with Crippen molar-refractivity contribution in [3.05, 3.63) is 48.6 Å². The van der Waals surface area contributed by atoms with Crippen LogP contribution in [0.5, 0.6) is 0 Å². The van der Waals surface area contributed by atoms with Gasteiger partial charge in [-0.25, -0.2) is 0 Å². The van der Waals surface area contributed by atoms with Gasteiger partial charge in [-0.3, -0.25) is 4.99 Å². The Kier molecular flexibility index (Phi) is 6.37. The summed E-state index contributed by atoms with van der Waals surface area (Å²) in [6.07, 6.45) is 1.76. The zero-order valence-corrected chi connectivity index (χ0v) is 11.6. The van der Waals surface area contributed by atoms with Gasteiger partial charge in [-0.2, -0.15) is 0 Å². The van der Waals surface area contributed by atoms with Gasteiger partial charge in [0, 0.05) is 5.71 Å². The van der Waals surface area contributed by atoms with E-state index in [1.165, 1.54) is 5.56 Å². The van der Waals surface area contributed by atoms with Crippen LogP contribution in [0.4, 0.5) is 0 Å². The van der Waals surface area contributed by atoms with Gasteiger partial charge in [-0.05, 0) is 18.4 Å². The second-order valence-corrected chi connectivity index (χ2v) is 4.71. The molecule has 0 saturated heterocycles. The molecular formula is C16H23NO. The van der Waals surface area contributed by atoms with E-state index in [9.17, 15) is 0 Å². The standard InChI is InChI=1S/C16H23NO/c1-5-11-18-12-14(4)17-16(13(2)3)15-9-7-6-8-10-15/h5-10,13-14H,1,11-12H2,2-4H3. The number of aliphatic imine (C=N–C) groups is 1. The van der Waals surface area contributed by atoms with E-state index >= 15 is 0 Å². The Morgan fingerprint density at radius 3 is 2.50 bits per heavy atom. The lowest BCUT2D eigenvalue weighted by Gasteiger charge is -2.14. The third kappa shape index (κ3) is 4.84. The summed E-state index contributed by atoms with van der Waals surface area (Å²) in [4.78, 5) is 4.78. The summed E-state index contributed by atoms with van der Waals surface area (Å²) in [5, 5.41) is 0. The normalized spacial score (nSPS) is 13.7. The molecule has 1 atom stereocenters. The highest BCUT2D eigenvalue weighted by Gasteiger charge is 2.10. The molecule has 1 aromatic rings. The van der Waals surface area contributed by atoms with E-state index in [1.54, 1.807) is 6.08 Å². The lowest BCUT2D eigenvalue weighted by atomic mass is 10.00. The number of ether oxygens (including phenoxy) is 1. The minimum Gasteiger partial charge on any atom is -0.375 e. The van der Waals surface area contributed by atoms with Crippen LogP contribution in [0.1, 0.15) is 26.3 Å². The van der Waals surface area contributed by atoms with Gasteiger partial charge in [0.05, 0.1) is 19.3 Å². The van der Waals surface area contributed by atoms with Gasteiger partial charge in [0.1, 0.15) is 0 Å². The minimum atomic E-state index is 0.169. The second-order valence-electron chi connectivity index (χ2n) is 4.71. The minimum absolute atomic E-state index is 0.169. The van der Waals surface area contributed by atoms with Crippen molar-refractivity contribution in [3.63, 3.8) is 0 Å². The summed E-state index contributed by atoms with van der Waals surface area (Å²) in [6, 6.07) is 10.5. The van der Waals surface area contributed by atoms with Gasteiger partial charge in [0.15, 0.2) is 0 Å². The molecule has 1 unspecified atom stereocenters. The molecular weight excluding hydrogens is 222 g/mol. The van der Waals surface area contributed by atoms with Crippen LogP contribution >= 0.6 is 0 Å². The number of rotatable bonds is 7. The number of hydrogen-bond acceptors (Lipinski definition) is 2. The first-order chi connectivity index (χ1) is 8.65. The molecule has 0 radical (unpaired) electrons. The van der Waals surface area contributed by atoms with Crippen molar-refractivity contribution >= 4 is 5.71 Å². The van der Waals surface area contributed by atoms with Crippen molar-refractivity contribution in [2.45, 2.75) is 26.8 Å². The monoisotopic (exact) mass is 245 g/mol. The number of nitrogens with zero attached hydrogens (tertiary/aromatic N) is 1. The van der Waals surface area contributed by atoms with Crippen LogP contribution in [0.25, 0.3) is 0 Å². The largest absolute Gasteiger partial charge is 0.375 e. The van der Waals surface area contributed by atoms with Crippen LogP contribution in [0.15, 0.2) is 48.0 Å². The van der Waals surface area contributed by atoms with E-state index in [4.69, 9.17) is 9.73 Å². The molecule has 0 N–H and O–H groups in total. The third-order valence-corrected chi connectivity index (χ3v) is 2.57. The second kappa shape index (κ2) is 7.83. The molecule has 0 spiro atoms. The van der Waals surface area contributed by atoms with E-state index in [0.717, 1.165) is 5.71 Å². The fourth-order valence-electron chi connectivity index (χ4n) is 1.76. The summed E-state index contributed by atoms with van der Waals surface area (Å²) in [5.74, 6) is 0.411. The van der Waals surface area contributed by atoms with Crippen molar-refractivity contribution < 1.29 is 4.74 Å². The maximum atomic E-state index is 5.44. The van der Waals surface area contributed by atoms with Gasteiger partial charge >= 0.3 is 0 Å².